The van der Waals surface area contributed by atoms with Gasteiger partial charge >= 0.3 is 0 Å². The van der Waals surface area contributed by atoms with Crippen LogP contribution in [0.1, 0.15) is 48.3 Å². The number of nitrogens with two attached hydrogens (primary N) is 1. The van der Waals surface area contributed by atoms with E-state index in [9.17, 15) is 4.79 Å². The van der Waals surface area contributed by atoms with Gasteiger partial charge in [0.1, 0.15) is 6.29 Å². The van der Waals surface area contributed by atoms with Crippen molar-refractivity contribution in [2.45, 2.75) is 45.2 Å². The molecule has 0 radical (unpaired) electrons. The normalized spacial score (nSPS) is 21.9. The van der Waals surface area contributed by atoms with Crippen molar-refractivity contribution < 1.29 is 4.79 Å². The van der Waals surface area contributed by atoms with E-state index in [1.54, 1.807) is 10.9 Å². The second kappa shape index (κ2) is 7.35. The van der Waals surface area contributed by atoms with Gasteiger partial charge in [-0.2, -0.15) is 14.5 Å². The molecule has 10 nitrogen and oxygen atoms in total. The molecule has 0 unspecified atom stereocenters. The van der Waals surface area contributed by atoms with Gasteiger partial charge < -0.3 is 20.4 Å². The van der Waals surface area contributed by atoms with Crippen LogP contribution in [0.5, 0.6) is 0 Å². The number of anilines is 1. The van der Waals surface area contributed by atoms with Gasteiger partial charge in [0.15, 0.2) is 16.8 Å². The molecule has 1 fully saturated rings. The predicted molar refractivity (Wildman–Crippen MR) is 121 cm³/mol. The molecule has 10 heteroatoms. The highest BCUT2D eigenvalue weighted by Gasteiger charge is 2.40. The lowest BCUT2D eigenvalue weighted by atomic mass is 9.61. The third kappa shape index (κ3) is 3.32. The zero-order chi connectivity index (χ0) is 22.6. The molecule has 0 spiro atoms. The first kappa shape index (κ1) is 19.8. The Labute approximate surface area is 189 Å². The fourth-order valence-corrected chi connectivity index (χ4v) is 4.86. The molecule has 1 aliphatic carbocycles. The van der Waals surface area contributed by atoms with Crippen LogP contribution in [0.2, 0.25) is 0 Å². The summed E-state index contributed by atoms with van der Waals surface area (Å²) in [5.74, 6) is 7.53. The molecule has 0 atom stereocenters. The molecule has 6 rings (SSSR count). The van der Waals surface area contributed by atoms with Crippen molar-refractivity contribution in [3.63, 3.8) is 0 Å². The molecule has 0 saturated heterocycles. The third-order valence-corrected chi connectivity index (χ3v) is 6.61. The van der Waals surface area contributed by atoms with Gasteiger partial charge in [-0.05, 0) is 42.7 Å². The highest BCUT2D eigenvalue weighted by Crippen LogP contribution is 2.50. The number of aldehydes is 1. The number of aromatic nitrogens is 7. The molecule has 0 amide bonds. The number of fused-ring (bicyclic) bond motifs is 4. The maximum absolute atomic E-state index is 10.9. The number of hydrogen-bond acceptors (Lipinski definition) is 8. The quantitative estimate of drug-likeness (QED) is 0.359. The van der Waals surface area contributed by atoms with Crippen molar-refractivity contribution >= 4 is 29.0 Å². The number of nitrogens with one attached hydrogen (secondary N) is 1. The Hall–Kier alpha value is -3.84. The average Bonchev–Trinajstić information content (AvgIpc) is 3.41. The number of imidazole rings is 1. The Morgan fingerprint density at radius 1 is 1.30 bits per heavy atom. The minimum atomic E-state index is -0.0963. The summed E-state index contributed by atoms with van der Waals surface area (Å²) >= 11 is 0. The predicted octanol–water partition coefficient (Wildman–Crippen LogP) is 1.23. The van der Waals surface area contributed by atoms with E-state index in [0.717, 1.165) is 38.6 Å². The zero-order valence-corrected chi connectivity index (χ0v) is 18.2. The first-order valence-electron chi connectivity index (χ1n) is 11.1. The molecule has 33 heavy (non-hydrogen) atoms. The van der Waals surface area contributed by atoms with E-state index in [1.165, 1.54) is 21.3 Å². The Morgan fingerprint density at radius 2 is 2.18 bits per heavy atom. The number of hydrogen-bond donors (Lipinski definition) is 2. The summed E-state index contributed by atoms with van der Waals surface area (Å²) in [6.45, 7) is 4.23. The second-order valence-corrected chi connectivity index (χ2v) is 9.09. The zero-order valence-electron chi connectivity index (χ0n) is 18.2. The number of carbonyl (C=O) groups excluding carboxylic acids is 1. The molecule has 5 heterocycles. The maximum atomic E-state index is 10.9. The van der Waals surface area contributed by atoms with Crippen LogP contribution in [0.25, 0.3) is 16.8 Å². The summed E-state index contributed by atoms with van der Waals surface area (Å²) in [4.78, 5) is 28.8. The first-order chi connectivity index (χ1) is 16.0. The lowest BCUT2D eigenvalue weighted by Gasteiger charge is -2.42. The summed E-state index contributed by atoms with van der Waals surface area (Å²) < 4.78 is 3.07. The molecule has 0 aromatic carbocycles. The highest BCUT2D eigenvalue weighted by molar-refractivity contribution is 5.87. The summed E-state index contributed by atoms with van der Waals surface area (Å²) in [5.41, 5.74) is 11.3. The van der Waals surface area contributed by atoms with Gasteiger partial charge in [0.2, 0.25) is 11.8 Å². The summed E-state index contributed by atoms with van der Waals surface area (Å²) in [7, 11) is 0. The van der Waals surface area contributed by atoms with Crippen molar-refractivity contribution in [2.24, 2.45) is 5.41 Å². The van der Waals surface area contributed by atoms with Crippen LogP contribution in [0, 0.1) is 17.3 Å². The Morgan fingerprint density at radius 3 is 3.03 bits per heavy atom. The van der Waals surface area contributed by atoms with E-state index >= 15 is 0 Å². The van der Waals surface area contributed by atoms with Gasteiger partial charge in [0.25, 0.3) is 0 Å². The Bertz CT molecular complexity index is 1470. The lowest BCUT2D eigenvalue weighted by molar-refractivity contribution is -0.108. The van der Waals surface area contributed by atoms with Gasteiger partial charge in [0, 0.05) is 36.8 Å². The summed E-state index contributed by atoms with van der Waals surface area (Å²) in [6.07, 6.45) is 7.33. The first-order valence-corrected chi connectivity index (χ1v) is 11.1. The number of nitrogen functional groups attached to an aromatic ring is 1. The fourth-order valence-electron chi connectivity index (χ4n) is 4.86. The van der Waals surface area contributed by atoms with Crippen molar-refractivity contribution in [3.8, 4) is 11.8 Å². The number of nitrogens with zero attached hydrogens (tertiary/aromatic N) is 7. The average molecular weight is 441 g/mol. The van der Waals surface area contributed by atoms with Crippen LogP contribution < -0.4 is 11.1 Å². The second-order valence-electron chi connectivity index (χ2n) is 9.09. The van der Waals surface area contributed by atoms with E-state index in [2.05, 4.69) is 50.2 Å². The molecule has 4 aromatic rings. The van der Waals surface area contributed by atoms with Crippen molar-refractivity contribution in [1.29, 1.82) is 0 Å². The van der Waals surface area contributed by atoms with Gasteiger partial charge in [-0.15, -0.1) is 5.10 Å². The standard InChI is InChI=1S/C23H23N9O/c1-23(9-16(10-23)14-8-15-11-25-5-3-17(15)26-12-14)4-2-18-28-21-19-20(29-22(24)32(21)30-18)31(6-7-33)13-27-19/h7-8,12-13,16,25H,3,5-6,9-11H2,1H3,(H2,24,29). The molecule has 1 aliphatic heterocycles. The highest BCUT2D eigenvalue weighted by atomic mass is 16.1. The summed E-state index contributed by atoms with van der Waals surface area (Å²) in [5, 5.41) is 7.83. The molecule has 166 valence electrons. The lowest BCUT2D eigenvalue weighted by Crippen LogP contribution is -2.32. The SMILES string of the molecule is CC1(C#Cc2nc3c4ncn(CC=O)c4nc(N)n3n2)CC(c2cnc3c(c2)CNCC3)C1. The third-order valence-electron chi connectivity index (χ3n) is 6.61. The Balaban J connectivity index is 1.24. The van der Waals surface area contributed by atoms with Crippen molar-refractivity contribution in [1.82, 2.24) is 39.4 Å². The van der Waals surface area contributed by atoms with E-state index < -0.39 is 0 Å². The van der Waals surface area contributed by atoms with E-state index in [1.807, 2.05) is 6.20 Å². The fraction of sp³-hybridized carbons (Fsp3) is 0.391. The molecule has 2 aliphatic rings. The van der Waals surface area contributed by atoms with Crippen molar-refractivity contribution in [2.75, 3.05) is 12.3 Å². The molecule has 4 aromatic heterocycles. The number of pyridine rings is 1. The van der Waals surface area contributed by atoms with Crippen LogP contribution in [-0.4, -0.2) is 46.9 Å². The van der Waals surface area contributed by atoms with E-state index in [-0.39, 0.29) is 17.9 Å². The smallest absolute Gasteiger partial charge is 0.226 e. The molecule has 0 bridgehead atoms. The van der Waals surface area contributed by atoms with Crippen LogP contribution in [0.4, 0.5) is 5.95 Å². The van der Waals surface area contributed by atoms with Gasteiger partial charge in [-0.25, -0.2) is 4.98 Å². The van der Waals surface area contributed by atoms with E-state index in [0.29, 0.717) is 28.6 Å². The topological polar surface area (TPSA) is 129 Å². The minimum Gasteiger partial charge on any atom is -0.368 e. The maximum Gasteiger partial charge on any atom is 0.226 e. The molecular weight excluding hydrogens is 418 g/mol. The monoisotopic (exact) mass is 441 g/mol. The van der Waals surface area contributed by atoms with Gasteiger partial charge in [-0.1, -0.05) is 12.0 Å². The summed E-state index contributed by atoms with van der Waals surface area (Å²) in [6, 6.07) is 2.31. The Kier molecular flexibility index (Phi) is 4.41. The number of rotatable bonds is 3. The van der Waals surface area contributed by atoms with Gasteiger partial charge in [-0.3, -0.25) is 4.98 Å². The van der Waals surface area contributed by atoms with Crippen molar-refractivity contribution in [3.05, 3.63) is 41.2 Å². The van der Waals surface area contributed by atoms with E-state index in [4.69, 9.17) is 10.7 Å². The van der Waals surface area contributed by atoms with Crippen LogP contribution >= 0.6 is 0 Å². The molecule has 3 N–H and O–H groups in total. The van der Waals surface area contributed by atoms with Gasteiger partial charge in [0.05, 0.1) is 12.9 Å². The molecular formula is C23H23N9O. The van der Waals surface area contributed by atoms with Crippen LogP contribution in [-0.2, 0) is 24.3 Å². The number of carbonyl (C=O) groups is 1. The largest absolute Gasteiger partial charge is 0.368 e. The minimum absolute atomic E-state index is 0.0963. The molecule has 1 saturated carbocycles. The van der Waals surface area contributed by atoms with Crippen LogP contribution in [0.15, 0.2) is 18.6 Å². The van der Waals surface area contributed by atoms with Crippen LogP contribution in [0.3, 0.4) is 0 Å².